The predicted molar refractivity (Wildman–Crippen MR) is 77.1 cm³/mol. The number of hydrogen-bond acceptors (Lipinski definition) is 3. The summed E-state index contributed by atoms with van der Waals surface area (Å²) in [6.45, 7) is 5.54. The Labute approximate surface area is 118 Å². The second-order valence-corrected chi connectivity index (χ2v) is 4.77. The Balaban J connectivity index is 2.46. The van der Waals surface area contributed by atoms with Gasteiger partial charge in [0.1, 0.15) is 0 Å². The van der Waals surface area contributed by atoms with Crippen LogP contribution < -0.4 is 0 Å². The molecule has 1 aromatic carbocycles. The number of carbonyl (C=O) groups excluding carboxylic acids is 1. The van der Waals surface area contributed by atoms with E-state index in [9.17, 15) is 4.79 Å². The number of hydrogen-bond donors (Lipinski definition) is 0. The summed E-state index contributed by atoms with van der Waals surface area (Å²) in [6, 6.07) is 7.55. The highest BCUT2D eigenvalue weighted by Gasteiger charge is 2.15. The third kappa shape index (κ3) is 2.83. The Morgan fingerprint density at radius 3 is 2.85 bits per heavy atom. The highest BCUT2D eigenvalue weighted by atomic mass is 16.1. The number of nitriles is 1. The van der Waals surface area contributed by atoms with Crippen LogP contribution >= 0.6 is 0 Å². The molecule has 2 rings (SSSR count). The van der Waals surface area contributed by atoms with E-state index < -0.39 is 0 Å². The zero-order chi connectivity index (χ0) is 14.7. The van der Waals surface area contributed by atoms with Gasteiger partial charge < -0.3 is 0 Å². The van der Waals surface area contributed by atoms with Crippen molar-refractivity contribution in [2.75, 3.05) is 0 Å². The van der Waals surface area contributed by atoms with Crippen LogP contribution in [0.25, 0.3) is 11.1 Å². The van der Waals surface area contributed by atoms with E-state index in [-0.39, 0.29) is 17.8 Å². The Bertz CT molecular complexity index is 720. The first-order chi connectivity index (χ1) is 9.51. The molecule has 0 amide bonds. The fraction of sp³-hybridized carbons (Fsp3) is 0.188. The van der Waals surface area contributed by atoms with Gasteiger partial charge in [-0.05, 0) is 12.5 Å². The molecule has 0 radical (unpaired) electrons. The molecule has 0 unspecified atom stereocenters. The quantitative estimate of drug-likeness (QED) is 0.630. The van der Waals surface area contributed by atoms with Gasteiger partial charge in [0.15, 0.2) is 5.78 Å². The summed E-state index contributed by atoms with van der Waals surface area (Å²) in [5, 5.41) is 12.9. The molecule has 0 spiro atoms. The minimum atomic E-state index is -0.101. The van der Waals surface area contributed by atoms with Crippen LogP contribution in [0, 0.1) is 18.3 Å². The van der Waals surface area contributed by atoms with Crippen molar-refractivity contribution in [1.29, 1.82) is 5.26 Å². The third-order valence-electron chi connectivity index (χ3n) is 3.02. The molecule has 100 valence electrons. The zero-order valence-electron chi connectivity index (χ0n) is 11.6. The first-order valence-electron chi connectivity index (χ1n) is 6.22. The molecule has 0 saturated carbocycles. The summed E-state index contributed by atoms with van der Waals surface area (Å²) in [7, 11) is 1.83. The molecule has 0 N–H and O–H groups in total. The molecule has 0 atom stereocenters. The van der Waals surface area contributed by atoms with Gasteiger partial charge in [-0.15, -0.1) is 0 Å². The maximum absolute atomic E-state index is 12.3. The minimum absolute atomic E-state index is 0.0484. The van der Waals surface area contributed by atoms with Gasteiger partial charge in [-0.25, -0.2) is 0 Å². The second-order valence-electron chi connectivity index (χ2n) is 4.77. The first-order valence-corrected chi connectivity index (χ1v) is 6.22. The molecular weight excluding hydrogens is 250 g/mol. The fourth-order valence-electron chi connectivity index (χ4n) is 2.03. The normalized spacial score (nSPS) is 10.1. The number of Topliss-reactive ketones (excluding diaryl/α,β-unsaturated/α-hetero) is 1. The number of carbonyl (C=O) groups is 1. The molecule has 0 aliphatic heterocycles. The summed E-state index contributed by atoms with van der Waals surface area (Å²) < 4.78 is 1.69. The molecule has 20 heavy (non-hydrogen) atoms. The molecule has 0 fully saturated rings. The summed E-state index contributed by atoms with van der Waals surface area (Å²) in [6.07, 6.45) is 3.64. The number of aromatic nitrogens is 2. The van der Waals surface area contributed by atoms with Crippen molar-refractivity contribution in [3.05, 3.63) is 53.9 Å². The maximum Gasteiger partial charge on any atom is 0.168 e. The average molecular weight is 265 g/mol. The smallest absolute Gasteiger partial charge is 0.168 e. The van der Waals surface area contributed by atoms with E-state index in [2.05, 4.69) is 11.7 Å². The highest BCUT2D eigenvalue weighted by molar-refractivity contribution is 6.03. The van der Waals surface area contributed by atoms with Gasteiger partial charge >= 0.3 is 0 Å². The van der Waals surface area contributed by atoms with Crippen LogP contribution in [0.2, 0.25) is 0 Å². The molecule has 2 aromatic rings. The summed E-state index contributed by atoms with van der Waals surface area (Å²) in [4.78, 5) is 12.3. The van der Waals surface area contributed by atoms with E-state index in [1.54, 1.807) is 16.9 Å². The highest BCUT2D eigenvalue weighted by Crippen LogP contribution is 2.26. The van der Waals surface area contributed by atoms with Gasteiger partial charge in [0.2, 0.25) is 0 Å². The lowest BCUT2D eigenvalue weighted by Gasteiger charge is -2.08. The van der Waals surface area contributed by atoms with Crippen molar-refractivity contribution in [2.24, 2.45) is 7.05 Å². The van der Waals surface area contributed by atoms with E-state index in [0.717, 1.165) is 16.7 Å². The fourth-order valence-corrected chi connectivity index (χ4v) is 2.03. The molecule has 4 nitrogen and oxygen atoms in total. The van der Waals surface area contributed by atoms with E-state index in [4.69, 9.17) is 5.26 Å². The molecule has 0 bridgehead atoms. The van der Waals surface area contributed by atoms with Gasteiger partial charge in [0.05, 0.1) is 12.3 Å². The lowest BCUT2D eigenvalue weighted by molar-refractivity contribution is 0.0994. The van der Waals surface area contributed by atoms with Crippen LogP contribution in [-0.4, -0.2) is 15.6 Å². The number of allylic oxidation sites excluding steroid dienone is 1. The Morgan fingerprint density at radius 2 is 2.25 bits per heavy atom. The monoisotopic (exact) mass is 265 g/mol. The summed E-state index contributed by atoms with van der Waals surface area (Å²) >= 11 is 0. The zero-order valence-corrected chi connectivity index (χ0v) is 11.6. The maximum atomic E-state index is 12.3. The largest absolute Gasteiger partial charge is 0.294 e. The van der Waals surface area contributed by atoms with Gasteiger partial charge in [-0.1, -0.05) is 30.3 Å². The lowest BCUT2D eigenvalue weighted by Crippen LogP contribution is -2.02. The lowest BCUT2D eigenvalue weighted by atomic mass is 9.94. The standard InChI is InChI=1S/C16H15N3O/c1-11-4-5-14(16(20)7-12(2)8-17)15(6-11)13-9-18-19(3)10-13/h4-6,9-10H,2,7H2,1,3H3. The van der Waals surface area contributed by atoms with Gasteiger partial charge in [0, 0.05) is 36.4 Å². The Kier molecular flexibility index (Phi) is 3.81. The number of ketones is 1. The van der Waals surface area contributed by atoms with Crippen LogP contribution in [0.4, 0.5) is 0 Å². The van der Waals surface area contributed by atoms with Crippen LogP contribution in [0.15, 0.2) is 42.7 Å². The summed E-state index contributed by atoms with van der Waals surface area (Å²) in [5.74, 6) is -0.101. The van der Waals surface area contributed by atoms with E-state index in [1.807, 2.05) is 38.4 Å². The number of rotatable bonds is 4. The Hall–Kier alpha value is -2.67. The van der Waals surface area contributed by atoms with Crippen molar-refractivity contribution in [2.45, 2.75) is 13.3 Å². The van der Waals surface area contributed by atoms with Crippen molar-refractivity contribution < 1.29 is 4.79 Å². The second kappa shape index (κ2) is 5.54. The molecule has 4 heteroatoms. The van der Waals surface area contributed by atoms with Gasteiger partial charge in [0.25, 0.3) is 0 Å². The van der Waals surface area contributed by atoms with Crippen LogP contribution in [0.3, 0.4) is 0 Å². The minimum Gasteiger partial charge on any atom is -0.294 e. The molecule has 0 aliphatic rings. The molecule has 0 saturated heterocycles. The van der Waals surface area contributed by atoms with Crippen LogP contribution in [0.1, 0.15) is 22.3 Å². The topological polar surface area (TPSA) is 58.7 Å². The van der Waals surface area contributed by atoms with Crippen molar-refractivity contribution in [1.82, 2.24) is 9.78 Å². The number of benzene rings is 1. The Morgan fingerprint density at radius 1 is 1.50 bits per heavy atom. The SMILES string of the molecule is C=C(C#N)CC(=O)c1ccc(C)cc1-c1cnn(C)c1. The van der Waals surface area contributed by atoms with Crippen molar-refractivity contribution in [3.8, 4) is 17.2 Å². The van der Waals surface area contributed by atoms with Crippen LogP contribution in [-0.2, 0) is 7.05 Å². The van der Waals surface area contributed by atoms with Gasteiger partial charge in [-0.3, -0.25) is 9.48 Å². The predicted octanol–water partition coefficient (Wildman–Crippen LogP) is 3.05. The molecule has 0 aliphatic carbocycles. The van der Waals surface area contributed by atoms with Gasteiger partial charge in [-0.2, -0.15) is 10.4 Å². The first kappa shape index (κ1) is 13.8. The van der Waals surface area contributed by atoms with Crippen LogP contribution in [0.5, 0.6) is 0 Å². The molecule has 1 aromatic heterocycles. The summed E-state index contributed by atoms with van der Waals surface area (Å²) in [5.41, 5.74) is 3.67. The third-order valence-corrected chi connectivity index (χ3v) is 3.02. The van der Waals surface area contributed by atoms with E-state index in [0.29, 0.717) is 5.56 Å². The average Bonchev–Trinajstić information content (AvgIpc) is 2.84. The number of nitrogens with zero attached hydrogens (tertiary/aromatic N) is 3. The van der Waals surface area contributed by atoms with Crippen molar-refractivity contribution in [3.63, 3.8) is 0 Å². The molecular formula is C16H15N3O. The van der Waals surface area contributed by atoms with E-state index in [1.165, 1.54) is 0 Å². The van der Waals surface area contributed by atoms with E-state index >= 15 is 0 Å². The number of aryl methyl sites for hydroxylation is 2. The van der Waals surface area contributed by atoms with Crippen molar-refractivity contribution >= 4 is 5.78 Å². The molecule has 1 heterocycles.